The van der Waals surface area contributed by atoms with Crippen molar-refractivity contribution in [2.75, 3.05) is 24.2 Å². The fourth-order valence-corrected chi connectivity index (χ4v) is 5.96. The summed E-state index contributed by atoms with van der Waals surface area (Å²) < 4.78 is 31.0. The molecule has 9 nitrogen and oxygen atoms in total. The van der Waals surface area contributed by atoms with Gasteiger partial charge in [-0.25, -0.2) is 13.4 Å². The van der Waals surface area contributed by atoms with Crippen molar-refractivity contribution in [2.24, 2.45) is 7.05 Å². The van der Waals surface area contributed by atoms with Crippen molar-refractivity contribution in [1.29, 1.82) is 0 Å². The molecule has 0 saturated heterocycles. The highest BCUT2D eigenvalue weighted by Crippen LogP contribution is 2.28. The average molecular weight is 493 g/mol. The third kappa shape index (κ3) is 5.59. The Kier molecular flexibility index (Phi) is 8.19. The van der Waals surface area contributed by atoms with Crippen LogP contribution in [0.15, 0.2) is 34.3 Å². The van der Waals surface area contributed by atoms with E-state index in [0.29, 0.717) is 29.6 Å². The second-order valence-corrected chi connectivity index (χ2v) is 10.7. The van der Waals surface area contributed by atoms with Crippen molar-refractivity contribution in [1.82, 2.24) is 23.6 Å². The Hall–Kier alpha value is -2.37. The van der Waals surface area contributed by atoms with Gasteiger partial charge in [0.15, 0.2) is 5.16 Å². The lowest BCUT2D eigenvalue weighted by Crippen LogP contribution is -2.30. The van der Waals surface area contributed by atoms with Crippen molar-refractivity contribution >= 4 is 44.5 Å². The molecule has 0 aliphatic rings. The highest BCUT2D eigenvalue weighted by Gasteiger charge is 2.23. The summed E-state index contributed by atoms with van der Waals surface area (Å²) in [6, 6.07) is 6.91. The third-order valence-corrected chi connectivity index (χ3v) is 8.39. The number of nitrogens with one attached hydrogen (secondary N) is 1. The van der Waals surface area contributed by atoms with Crippen LogP contribution in [0.4, 0.5) is 5.82 Å². The summed E-state index contributed by atoms with van der Waals surface area (Å²) >= 11 is 1.34. The Morgan fingerprint density at radius 1 is 1.18 bits per heavy atom. The number of amides is 1. The molecule has 0 spiro atoms. The number of benzene rings is 1. The fourth-order valence-electron chi connectivity index (χ4n) is 3.64. The molecule has 0 saturated carbocycles. The highest BCUT2D eigenvalue weighted by molar-refractivity contribution is 7.99. The van der Waals surface area contributed by atoms with Gasteiger partial charge in [0.1, 0.15) is 5.82 Å². The van der Waals surface area contributed by atoms with Crippen LogP contribution in [0, 0.1) is 6.92 Å². The molecule has 0 fully saturated rings. The average Bonchev–Trinajstić information content (AvgIpc) is 3.28. The molecule has 2 aromatic heterocycles. The Labute approximate surface area is 199 Å². The maximum absolute atomic E-state index is 12.9. The number of aromatic nitrogens is 4. The van der Waals surface area contributed by atoms with E-state index < -0.39 is 10.0 Å². The molecule has 0 aliphatic heterocycles. The van der Waals surface area contributed by atoms with Crippen LogP contribution in [0.1, 0.15) is 39.3 Å². The number of hydrogen-bond acceptors (Lipinski definition) is 6. The third-order valence-electron chi connectivity index (χ3n) is 5.36. The Morgan fingerprint density at radius 2 is 1.91 bits per heavy atom. The molecule has 3 aromatic rings. The zero-order valence-corrected chi connectivity index (χ0v) is 21.5. The standard InChI is InChI=1S/C22H32N6O3S2/c1-6-9-12-28-19-11-10-17(33(30,31)27(7-2)8-3)14-18(19)23-22(28)32-15-21(29)24-20-13-16(4)25-26(20)5/h10-11,13-14H,6-9,12,15H2,1-5H3,(H,24,29). The lowest BCUT2D eigenvalue weighted by molar-refractivity contribution is -0.113. The minimum Gasteiger partial charge on any atom is -0.319 e. The number of imidazole rings is 1. The number of unbranched alkanes of at least 4 members (excludes halogenated alkanes) is 1. The molecule has 2 heterocycles. The quantitative estimate of drug-likeness (QED) is 0.410. The van der Waals surface area contributed by atoms with Crippen LogP contribution >= 0.6 is 11.8 Å². The first-order valence-corrected chi connectivity index (χ1v) is 13.6. The first-order valence-electron chi connectivity index (χ1n) is 11.1. The minimum absolute atomic E-state index is 0.151. The van der Waals surface area contributed by atoms with Crippen LogP contribution in [-0.2, 0) is 28.4 Å². The molecule has 11 heteroatoms. The van der Waals surface area contributed by atoms with Crippen molar-refractivity contribution in [3.8, 4) is 0 Å². The molecule has 3 rings (SSSR count). The van der Waals surface area contributed by atoms with Crippen LogP contribution in [0.2, 0.25) is 0 Å². The van der Waals surface area contributed by atoms with Crippen molar-refractivity contribution in [3.63, 3.8) is 0 Å². The topological polar surface area (TPSA) is 102 Å². The maximum Gasteiger partial charge on any atom is 0.243 e. The van der Waals surface area contributed by atoms with Gasteiger partial charge >= 0.3 is 0 Å². The first-order chi connectivity index (χ1) is 15.7. The summed E-state index contributed by atoms with van der Waals surface area (Å²) in [5, 5.41) is 7.81. The van der Waals surface area contributed by atoms with Gasteiger partial charge in [-0.1, -0.05) is 39.0 Å². The smallest absolute Gasteiger partial charge is 0.243 e. The molecule has 33 heavy (non-hydrogen) atoms. The van der Waals surface area contributed by atoms with E-state index in [9.17, 15) is 13.2 Å². The molecule has 1 N–H and O–H groups in total. The monoisotopic (exact) mass is 492 g/mol. The number of nitrogens with zero attached hydrogens (tertiary/aromatic N) is 5. The molecular formula is C22H32N6O3S2. The van der Waals surface area contributed by atoms with Crippen molar-refractivity contribution < 1.29 is 13.2 Å². The number of carbonyl (C=O) groups is 1. The van der Waals surface area contributed by atoms with Crippen LogP contribution in [0.25, 0.3) is 11.0 Å². The zero-order chi connectivity index (χ0) is 24.2. The molecule has 1 aromatic carbocycles. The number of hydrogen-bond donors (Lipinski definition) is 1. The highest BCUT2D eigenvalue weighted by atomic mass is 32.2. The predicted molar refractivity (Wildman–Crippen MR) is 132 cm³/mol. The second-order valence-electron chi connectivity index (χ2n) is 7.77. The summed E-state index contributed by atoms with van der Waals surface area (Å²) in [5.74, 6) is 0.676. The Balaban J connectivity index is 1.87. The summed E-state index contributed by atoms with van der Waals surface area (Å²) in [6.07, 6.45) is 1.97. The first kappa shape index (κ1) is 25.3. The van der Waals surface area contributed by atoms with E-state index in [-0.39, 0.29) is 16.6 Å². The van der Waals surface area contributed by atoms with E-state index in [2.05, 4.69) is 21.9 Å². The van der Waals surface area contributed by atoms with E-state index in [1.165, 1.54) is 16.1 Å². The molecule has 0 radical (unpaired) electrons. The summed E-state index contributed by atoms with van der Waals surface area (Å²) in [4.78, 5) is 17.5. The summed E-state index contributed by atoms with van der Waals surface area (Å²) in [5.41, 5.74) is 2.31. The van der Waals surface area contributed by atoms with Crippen LogP contribution in [-0.4, -0.2) is 56.8 Å². The molecule has 0 aliphatic carbocycles. The normalized spacial score (nSPS) is 12.1. The SMILES string of the molecule is CCCCn1c(SCC(=O)Nc2cc(C)nn2C)nc2cc(S(=O)(=O)N(CC)CC)ccc21. The fraction of sp³-hybridized carbons (Fsp3) is 0.500. The number of fused-ring (bicyclic) bond motifs is 1. The van der Waals surface area contributed by atoms with Crippen LogP contribution in [0.5, 0.6) is 0 Å². The minimum atomic E-state index is -3.57. The van der Waals surface area contributed by atoms with Gasteiger partial charge < -0.3 is 9.88 Å². The Morgan fingerprint density at radius 3 is 2.52 bits per heavy atom. The second kappa shape index (κ2) is 10.7. The molecule has 180 valence electrons. The number of thioether (sulfide) groups is 1. The van der Waals surface area contributed by atoms with E-state index >= 15 is 0 Å². The van der Waals surface area contributed by atoms with E-state index in [1.54, 1.807) is 23.9 Å². The maximum atomic E-state index is 12.9. The predicted octanol–water partition coefficient (Wildman–Crippen LogP) is 3.64. The number of carbonyl (C=O) groups excluding carboxylic acids is 1. The van der Waals surface area contributed by atoms with Gasteiger partial charge in [0.25, 0.3) is 0 Å². The number of rotatable bonds is 11. The van der Waals surface area contributed by atoms with Gasteiger partial charge in [-0.3, -0.25) is 9.48 Å². The molecule has 1 amide bonds. The molecular weight excluding hydrogens is 460 g/mol. The lowest BCUT2D eigenvalue weighted by Gasteiger charge is -2.18. The molecule has 0 bridgehead atoms. The van der Waals surface area contributed by atoms with Crippen LogP contribution in [0.3, 0.4) is 0 Å². The van der Waals surface area contributed by atoms with E-state index in [1.807, 2.05) is 32.9 Å². The van der Waals surface area contributed by atoms with Gasteiger partial charge in [0.05, 0.1) is 27.4 Å². The Bertz CT molecular complexity index is 1230. The largest absolute Gasteiger partial charge is 0.319 e. The lowest BCUT2D eigenvalue weighted by atomic mass is 10.3. The van der Waals surface area contributed by atoms with Gasteiger partial charge in [-0.2, -0.15) is 9.40 Å². The molecule has 0 unspecified atom stereocenters. The van der Waals surface area contributed by atoms with E-state index in [0.717, 1.165) is 30.6 Å². The van der Waals surface area contributed by atoms with Gasteiger partial charge in [0.2, 0.25) is 15.9 Å². The van der Waals surface area contributed by atoms with Gasteiger partial charge in [-0.15, -0.1) is 0 Å². The van der Waals surface area contributed by atoms with Gasteiger partial charge in [0, 0.05) is 32.7 Å². The molecule has 0 atom stereocenters. The number of sulfonamides is 1. The number of anilines is 1. The van der Waals surface area contributed by atoms with Gasteiger partial charge in [-0.05, 0) is 31.5 Å². The summed E-state index contributed by atoms with van der Waals surface area (Å²) in [7, 11) is -1.79. The van der Waals surface area contributed by atoms with Crippen molar-refractivity contribution in [2.45, 2.75) is 57.1 Å². The van der Waals surface area contributed by atoms with E-state index in [4.69, 9.17) is 4.98 Å². The summed E-state index contributed by atoms with van der Waals surface area (Å²) in [6.45, 7) is 9.21. The van der Waals surface area contributed by atoms with Crippen LogP contribution < -0.4 is 5.32 Å². The number of aryl methyl sites for hydroxylation is 3. The van der Waals surface area contributed by atoms with Crippen molar-refractivity contribution in [3.05, 3.63) is 30.0 Å². The zero-order valence-electron chi connectivity index (χ0n) is 19.8.